The molecule has 4 atom stereocenters. The Labute approximate surface area is 98.6 Å². The van der Waals surface area contributed by atoms with Gasteiger partial charge in [0.2, 0.25) is 17.7 Å². The van der Waals surface area contributed by atoms with Crippen molar-refractivity contribution in [2.75, 3.05) is 6.54 Å². The molecule has 1 saturated carbocycles. The van der Waals surface area contributed by atoms with E-state index in [1.165, 1.54) is 0 Å². The topological polar surface area (TPSA) is 80.5 Å². The minimum Gasteiger partial charge on any atom is -0.368 e. The van der Waals surface area contributed by atoms with Crippen LogP contribution < -0.4 is 5.73 Å². The first-order valence-electron chi connectivity index (χ1n) is 5.91. The zero-order valence-electron chi connectivity index (χ0n) is 9.33. The maximum Gasteiger partial charge on any atom is 0.237 e. The largest absolute Gasteiger partial charge is 0.368 e. The number of nitrogens with zero attached hydrogens (tertiary/aromatic N) is 1. The van der Waals surface area contributed by atoms with Gasteiger partial charge >= 0.3 is 0 Å². The molecule has 0 aromatic carbocycles. The number of fused-ring (bicyclic) bond motifs is 1. The Morgan fingerprint density at radius 2 is 1.65 bits per heavy atom. The fourth-order valence-corrected chi connectivity index (χ4v) is 3.45. The molecule has 4 rings (SSSR count). The smallest absolute Gasteiger partial charge is 0.237 e. The van der Waals surface area contributed by atoms with Crippen LogP contribution in [-0.2, 0) is 14.4 Å². The van der Waals surface area contributed by atoms with Crippen LogP contribution in [0.3, 0.4) is 0 Å². The van der Waals surface area contributed by atoms with Gasteiger partial charge in [0.1, 0.15) is 6.54 Å². The quantitative estimate of drug-likeness (QED) is 0.524. The molecule has 2 bridgehead atoms. The summed E-state index contributed by atoms with van der Waals surface area (Å²) in [4.78, 5) is 36.2. The second kappa shape index (κ2) is 3.42. The highest BCUT2D eigenvalue weighted by Gasteiger charge is 2.56. The van der Waals surface area contributed by atoms with Crippen molar-refractivity contribution in [3.63, 3.8) is 0 Å². The Kier molecular flexibility index (Phi) is 2.11. The van der Waals surface area contributed by atoms with Gasteiger partial charge in [-0.15, -0.1) is 0 Å². The number of amides is 3. The van der Waals surface area contributed by atoms with Crippen molar-refractivity contribution in [1.82, 2.24) is 4.90 Å². The van der Waals surface area contributed by atoms with Gasteiger partial charge in [0.15, 0.2) is 0 Å². The van der Waals surface area contributed by atoms with E-state index < -0.39 is 5.91 Å². The van der Waals surface area contributed by atoms with E-state index in [1.54, 1.807) is 0 Å². The van der Waals surface area contributed by atoms with Crippen molar-refractivity contribution in [3.05, 3.63) is 12.2 Å². The van der Waals surface area contributed by atoms with Crippen molar-refractivity contribution in [3.8, 4) is 0 Å². The van der Waals surface area contributed by atoms with E-state index in [9.17, 15) is 14.4 Å². The van der Waals surface area contributed by atoms with Crippen molar-refractivity contribution in [1.29, 1.82) is 0 Å². The number of hydrogen-bond acceptors (Lipinski definition) is 3. The molecule has 0 aromatic heterocycles. The average molecular weight is 234 g/mol. The van der Waals surface area contributed by atoms with Crippen LogP contribution in [0.25, 0.3) is 0 Å². The van der Waals surface area contributed by atoms with E-state index in [-0.39, 0.29) is 42.0 Å². The summed E-state index contributed by atoms with van der Waals surface area (Å²) in [6.45, 7) is -0.274. The zero-order valence-corrected chi connectivity index (χ0v) is 9.33. The molecule has 0 aromatic rings. The summed E-state index contributed by atoms with van der Waals surface area (Å²) in [5, 5.41) is 0. The zero-order chi connectivity index (χ0) is 12.2. The summed E-state index contributed by atoms with van der Waals surface area (Å²) >= 11 is 0. The van der Waals surface area contributed by atoms with Gasteiger partial charge in [-0.3, -0.25) is 19.3 Å². The molecule has 2 fully saturated rings. The molecule has 17 heavy (non-hydrogen) atoms. The third-order valence-electron chi connectivity index (χ3n) is 4.16. The standard InChI is InChI=1S/C12H14N2O3/c13-8(15)5-14-11(16)9-6-1-2-7(4-3-6)10(9)12(14)17/h1-2,6-7,9-10H,3-5H2,(H2,13,15)/t6-,7-,9-,10-/m0/s1. The van der Waals surface area contributed by atoms with Crippen LogP contribution in [0.15, 0.2) is 12.2 Å². The van der Waals surface area contributed by atoms with Gasteiger partial charge in [-0.05, 0) is 24.7 Å². The average Bonchev–Trinajstić information content (AvgIpc) is 2.57. The van der Waals surface area contributed by atoms with Crippen LogP contribution in [0.1, 0.15) is 12.8 Å². The Bertz CT molecular complexity index is 411. The molecular formula is C12H14N2O3. The fourth-order valence-electron chi connectivity index (χ4n) is 3.45. The maximum atomic E-state index is 12.1. The van der Waals surface area contributed by atoms with Crippen molar-refractivity contribution in [2.24, 2.45) is 29.4 Å². The van der Waals surface area contributed by atoms with Crippen molar-refractivity contribution < 1.29 is 14.4 Å². The Balaban J connectivity index is 1.94. The molecular weight excluding hydrogens is 220 g/mol. The molecule has 5 heteroatoms. The first-order valence-corrected chi connectivity index (χ1v) is 5.91. The van der Waals surface area contributed by atoms with E-state index in [0.29, 0.717) is 0 Å². The molecule has 1 aliphatic heterocycles. The third kappa shape index (κ3) is 1.34. The third-order valence-corrected chi connectivity index (χ3v) is 4.16. The lowest BCUT2D eigenvalue weighted by atomic mass is 9.63. The van der Waals surface area contributed by atoms with Gasteiger partial charge in [-0.25, -0.2) is 0 Å². The van der Waals surface area contributed by atoms with Crippen LogP contribution in [0.2, 0.25) is 0 Å². The van der Waals surface area contributed by atoms with Gasteiger partial charge in [0.05, 0.1) is 11.8 Å². The molecule has 90 valence electrons. The summed E-state index contributed by atoms with van der Waals surface area (Å²) in [6, 6.07) is 0. The minimum absolute atomic E-state index is 0.166. The Morgan fingerprint density at radius 1 is 1.18 bits per heavy atom. The van der Waals surface area contributed by atoms with Crippen molar-refractivity contribution in [2.45, 2.75) is 12.8 Å². The number of primary amides is 1. The van der Waals surface area contributed by atoms with Crippen LogP contribution in [0, 0.1) is 23.7 Å². The molecule has 1 heterocycles. The molecule has 3 aliphatic carbocycles. The molecule has 4 aliphatic rings. The lowest BCUT2D eigenvalue weighted by Crippen LogP contribution is -2.38. The highest BCUT2D eigenvalue weighted by Crippen LogP contribution is 2.49. The SMILES string of the molecule is NC(=O)CN1C(=O)[C@@H]2[C@@H](C1=O)[C@H]1C=C[C@H]2CC1. The normalized spacial score (nSPS) is 38.7. The number of allylic oxidation sites excluding steroid dienone is 2. The van der Waals surface area contributed by atoms with E-state index in [4.69, 9.17) is 5.73 Å². The first kappa shape index (κ1) is 10.5. The predicted molar refractivity (Wildman–Crippen MR) is 58.2 cm³/mol. The fraction of sp³-hybridized carbons (Fsp3) is 0.583. The van der Waals surface area contributed by atoms with Crippen LogP contribution in [0.4, 0.5) is 0 Å². The number of imide groups is 1. The van der Waals surface area contributed by atoms with E-state index in [1.807, 2.05) is 12.2 Å². The summed E-state index contributed by atoms with van der Waals surface area (Å²) < 4.78 is 0. The second-order valence-corrected chi connectivity index (χ2v) is 5.07. The monoisotopic (exact) mass is 234 g/mol. The maximum absolute atomic E-state index is 12.1. The number of carbonyl (C=O) groups excluding carboxylic acids is 3. The molecule has 0 unspecified atom stereocenters. The number of carbonyl (C=O) groups is 3. The summed E-state index contributed by atoms with van der Waals surface area (Å²) in [6.07, 6.45) is 6.03. The van der Waals surface area contributed by atoms with Crippen LogP contribution >= 0.6 is 0 Å². The van der Waals surface area contributed by atoms with Crippen molar-refractivity contribution >= 4 is 17.7 Å². The van der Waals surface area contributed by atoms with Gasteiger partial charge in [-0.1, -0.05) is 12.2 Å². The molecule has 2 N–H and O–H groups in total. The van der Waals surface area contributed by atoms with Gasteiger partial charge < -0.3 is 5.73 Å². The Morgan fingerprint density at radius 3 is 2.00 bits per heavy atom. The van der Waals surface area contributed by atoms with Crippen LogP contribution in [0.5, 0.6) is 0 Å². The van der Waals surface area contributed by atoms with Gasteiger partial charge in [0.25, 0.3) is 0 Å². The van der Waals surface area contributed by atoms with Gasteiger partial charge in [0, 0.05) is 0 Å². The molecule has 5 nitrogen and oxygen atoms in total. The molecule has 1 saturated heterocycles. The lowest BCUT2D eigenvalue weighted by molar-refractivity contribution is -0.143. The second-order valence-electron chi connectivity index (χ2n) is 5.07. The number of likely N-dealkylation sites (tertiary alicyclic amines) is 1. The van der Waals surface area contributed by atoms with Crippen LogP contribution in [-0.4, -0.2) is 29.2 Å². The van der Waals surface area contributed by atoms with E-state index in [2.05, 4.69) is 0 Å². The van der Waals surface area contributed by atoms with Gasteiger partial charge in [-0.2, -0.15) is 0 Å². The summed E-state index contributed by atoms with van der Waals surface area (Å²) in [5.41, 5.74) is 5.07. The summed E-state index contributed by atoms with van der Waals surface area (Å²) in [7, 11) is 0. The van der Waals surface area contributed by atoms with E-state index >= 15 is 0 Å². The molecule has 3 amide bonds. The Hall–Kier alpha value is -1.65. The number of hydrogen-bond donors (Lipinski definition) is 1. The van der Waals surface area contributed by atoms with E-state index in [0.717, 1.165) is 17.7 Å². The predicted octanol–water partition coefficient (Wildman–Crippen LogP) is -0.331. The number of nitrogens with two attached hydrogens (primary N) is 1. The first-order chi connectivity index (χ1) is 8.09. The molecule has 0 spiro atoms. The molecule has 0 radical (unpaired) electrons. The number of rotatable bonds is 2. The highest BCUT2D eigenvalue weighted by atomic mass is 16.2. The minimum atomic E-state index is -0.634. The lowest BCUT2D eigenvalue weighted by Gasteiger charge is -2.38. The summed E-state index contributed by atoms with van der Waals surface area (Å²) in [5.74, 6) is -1.21. The highest BCUT2D eigenvalue weighted by molar-refractivity contribution is 6.08.